The van der Waals surface area contributed by atoms with Crippen molar-refractivity contribution in [1.82, 2.24) is 9.80 Å². The Labute approximate surface area is 122 Å². The zero-order valence-corrected chi connectivity index (χ0v) is 12.4. The Kier molecular flexibility index (Phi) is 5.14. The first kappa shape index (κ1) is 15.0. The van der Waals surface area contributed by atoms with Crippen LogP contribution in [0.2, 0.25) is 0 Å². The van der Waals surface area contributed by atoms with Crippen molar-refractivity contribution in [3.63, 3.8) is 0 Å². The van der Waals surface area contributed by atoms with E-state index in [0.717, 1.165) is 24.9 Å². The van der Waals surface area contributed by atoms with Crippen LogP contribution in [-0.4, -0.2) is 53.0 Å². The van der Waals surface area contributed by atoms with Crippen LogP contribution in [0.1, 0.15) is 24.8 Å². The Balaban J connectivity index is 1.85. The van der Waals surface area contributed by atoms with Gasteiger partial charge in [-0.3, -0.25) is 14.5 Å². The highest BCUT2D eigenvalue weighted by atomic mass is 32.1. The summed E-state index contributed by atoms with van der Waals surface area (Å²) in [5.74, 6) is -0.741. The Bertz CT molecular complexity index is 461. The van der Waals surface area contributed by atoms with Crippen molar-refractivity contribution in [2.75, 3.05) is 20.1 Å². The Morgan fingerprint density at radius 3 is 3.00 bits per heavy atom. The van der Waals surface area contributed by atoms with Gasteiger partial charge >= 0.3 is 5.97 Å². The number of thiophene rings is 1. The lowest BCUT2D eigenvalue weighted by Gasteiger charge is -2.25. The van der Waals surface area contributed by atoms with Crippen LogP contribution in [0.3, 0.4) is 0 Å². The summed E-state index contributed by atoms with van der Waals surface area (Å²) in [6, 6.07) is 2.02. The quantitative estimate of drug-likeness (QED) is 0.867. The number of likely N-dealkylation sites (tertiary alicyclic amines) is 1. The molecule has 0 aliphatic carbocycles. The summed E-state index contributed by atoms with van der Waals surface area (Å²) in [6.07, 6.45) is 1.97. The van der Waals surface area contributed by atoms with Crippen molar-refractivity contribution in [3.05, 3.63) is 22.4 Å². The molecule has 6 heteroatoms. The number of carboxylic acids is 1. The van der Waals surface area contributed by atoms with Crippen LogP contribution in [0.4, 0.5) is 0 Å². The molecular formula is C14H20N2O3S. The minimum Gasteiger partial charge on any atom is -0.481 e. The number of carbonyl (C=O) groups excluding carboxylic acids is 1. The molecule has 110 valence electrons. The molecule has 0 spiro atoms. The minimum atomic E-state index is -0.791. The average Bonchev–Trinajstić information content (AvgIpc) is 3.01. The molecule has 1 aromatic heterocycles. The number of carbonyl (C=O) groups is 2. The molecule has 1 unspecified atom stereocenters. The van der Waals surface area contributed by atoms with Crippen LogP contribution in [0, 0.1) is 0 Å². The predicted molar refractivity (Wildman–Crippen MR) is 77.6 cm³/mol. The first-order chi connectivity index (χ1) is 9.56. The zero-order chi connectivity index (χ0) is 14.5. The van der Waals surface area contributed by atoms with E-state index < -0.39 is 5.97 Å². The molecule has 1 amide bonds. The highest BCUT2D eigenvalue weighted by molar-refractivity contribution is 7.07. The third-order valence-electron chi connectivity index (χ3n) is 3.67. The number of rotatable bonds is 6. The summed E-state index contributed by atoms with van der Waals surface area (Å²) in [6.45, 7) is 1.74. The lowest BCUT2D eigenvalue weighted by molar-refractivity contribution is -0.139. The number of nitrogens with zero attached hydrogens (tertiary/aromatic N) is 2. The van der Waals surface area contributed by atoms with Crippen molar-refractivity contribution >= 4 is 23.2 Å². The van der Waals surface area contributed by atoms with Crippen molar-refractivity contribution < 1.29 is 14.7 Å². The summed E-state index contributed by atoms with van der Waals surface area (Å²) >= 11 is 1.62. The molecule has 0 aromatic carbocycles. The second-order valence-electron chi connectivity index (χ2n) is 5.25. The van der Waals surface area contributed by atoms with Gasteiger partial charge in [0.25, 0.3) is 0 Å². The summed E-state index contributed by atoms with van der Waals surface area (Å²) in [5.41, 5.74) is 1.13. The first-order valence-electron chi connectivity index (χ1n) is 6.77. The summed E-state index contributed by atoms with van der Waals surface area (Å²) in [7, 11) is 1.79. The molecule has 0 radical (unpaired) electrons. The highest BCUT2D eigenvalue weighted by Crippen LogP contribution is 2.20. The van der Waals surface area contributed by atoms with E-state index in [9.17, 15) is 9.59 Å². The highest BCUT2D eigenvalue weighted by Gasteiger charge is 2.28. The van der Waals surface area contributed by atoms with E-state index in [1.807, 2.05) is 21.7 Å². The van der Waals surface area contributed by atoms with Crippen molar-refractivity contribution in [1.29, 1.82) is 0 Å². The van der Waals surface area contributed by atoms with E-state index in [1.54, 1.807) is 23.3 Å². The van der Waals surface area contributed by atoms with Gasteiger partial charge in [0.2, 0.25) is 5.91 Å². The number of aliphatic carboxylic acids is 1. The van der Waals surface area contributed by atoms with Crippen LogP contribution >= 0.6 is 11.3 Å². The number of amides is 1. The molecule has 0 saturated carbocycles. The van der Waals surface area contributed by atoms with Crippen molar-refractivity contribution in [3.8, 4) is 0 Å². The fourth-order valence-electron chi connectivity index (χ4n) is 2.58. The maximum Gasteiger partial charge on any atom is 0.304 e. The Morgan fingerprint density at radius 1 is 1.55 bits per heavy atom. The summed E-state index contributed by atoms with van der Waals surface area (Å²) < 4.78 is 0. The van der Waals surface area contributed by atoms with Gasteiger partial charge in [0.05, 0.1) is 13.0 Å². The third-order valence-corrected chi connectivity index (χ3v) is 4.41. The Morgan fingerprint density at radius 2 is 2.35 bits per heavy atom. The fraction of sp³-hybridized carbons (Fsp3) is 0.571. The first-order valence-corrected chi connectivity index (χ1v) is 7.71. The van der Waals surface area contributed by atoms with E-state index in [4.69, 9.17) is 5.11 Å². The molecule has 5 nitrogen and oxygen atoms in total. The lowest BCUT2D eigenvalue weighted by Crippen LogP contribution is -2.41. The largest absolute Gasteiger partial charge is 0.481 e. The van der Waals surface area contributed by atoms with Crippen LogP contribution in [0.25, 0.3) is 0 Å². The number of carboxylic acid groups (broad SMARTS) is 1. The zero-order valence-electron chi connectivity index (χ0n) is 11.6. The van der Waals surface area contributed by atoms with Gasteiger partial charge in [0, 0.05) is 19.6 Å². The molecule has 2 heterocycles. The van der Waals surface area contributed by atoms with E-state index in [-0.39, 0.29) is 18.4 Å². The predicted octanol–water partition coefficient (Wildman–Crippen LogP) is 1.65. The fourth-order valence-corrected chi connectivity index (χ4v) is 3.23. The van der Waals surface area contributed by atoms with Gasteiger partial charge in [-0.25, -0.2) is 0 Å². The topological polar surface area (TPSA) is 60.9 Å². The molecule has 2 rings (SSSR count). The van der Waals surface area contributed by atoms with E-state index in [2.05, 4.69) is 0 Å². The van der Waals surface area contributed by atoms with Crippen LogP contribution in [-0.2, 0) is 16.1 Å². The van der Waals surface area contributed by atoms with Gasteiger partial charge in [-0.15, -0.1) is 0 Å². The van der Waals surface area contributed by atoms with E-state index >= 15 is 0 Å². The van der Waals surface area contributed by atoms with Crippen molar-refractivity contribution in [2.45, 2.75) is 31.8 Å². The molecule has 1 N–H and O–H groups in total. The maximum absolute atomic E-state index is 12.2. The summed E-state index contributed by atoms with van der Waals surface area (Å²) in [4.78, 5) is 26.7. The Hall–Kier alpha value is -1.40. The monoisotopic (exact) mass is 296 g/mol. The molecule has 20 heavy (non-hydrogen) atoms. The minimum absolute atomic E-state index is 0.00555. The van der Waals surface area contributed by atoms with Crippen LogP contribution < -0.4 is 0 Å². The third kappa shape index (κ3) is 4.05. The smallest absolute Gasteiger partial charge is 0.304 e. The molecule has 0 bridgehead atoms. The van der Waals surface area contributed by atoms with Gasteiger partial charge in [-0.05, 0) is 41.8 Å². The standard InChI is InChI=1S/C14H20N2O3S/c1-15(8-11-4-6-20-10-11)13(17)9-16-5-2-3-12(16)7-14(18)19/h4,6,10,12H,2-3,5,7-9H2,1H3,(H,18,19). The molecular weight excluding hydrogens is 276 g/mol. The maximum atomic E-state index is 12.2. The molecule has 1 saturated heterocycles. The number of hydrogen-bond donors (Lipinski definition) is 1. The van der Waals surface area contributed by atoms with Gasteiger partial charge in [0.1, 0.15) is 0 Å². The van der Waals surface area contributed by atoms with Crippen LogP contribution in [0.5, 0.6) is 0 Å². The number of hydrogen-bond acceptors (Lipinski definition) is 4. The van der Waals surface area contributed by atoms with Gasteiger partial charge in [0.15, 0.2) is 0 Å². The summed E-state index contributed by atoms with van der Waals surface area (Å²) in [5, 5.41) is 12.9. The normalized spacial score (nSPS) is 19.1. The molecule has 1 fully saturated rings. The van der Waals surface area contributed by atoms with E-state index in [0.29, 0.717) is 13.1 Å². The molecule has 1 aromatic rings. The van der Waals surface area contributed by atoms with Gasteiger partial charge in [-0.1, -0.05) is 0 Å². The van der Waals surface area contributed by atoms with Gasteiger partial charge in [-0.2, -0.15) is 11.3 Å². The second kappa shape index (κ2) is 6.85. The molecule has 1 atom stereocenters. The van der Waals surface area contributed by atoms with Crippen molar-refractivity contribution in [2.24, 2.45) is 0 Å². The SMILES string of the molecule is CN(Cc1ccsc1)C(=O)CN1CCCC1CC(=O)O. The van der Waals surface area contributed by atoms with Crippen LogP contribution in [0.15, 0.2) is 16.8 Å². The molecule has 1 aliphatic rings. The molecule has 1 aliphatic heterocycles. The van der Waals surface area contributed by atoms with Gasteiger partial charge < -0.3 is 10.0 Å². The number of likely N-dealkylation sites (N-methyl/N-ethyl adjacent to an activating group) is 1. The van der Waals surface area contributed by atoms with E-state index in [1.165, 1.54) is 0 Å². The lowest BCUT2D eigenvalue weighted by atomic mass is 10.1. The average molecular weight is 296 g/mol. The second-order valence-corrected chi connectivity index (χ2v) is 6.03.